The highest BCUT2D eigenvalue weighted by molar-refractivity contribution is 5.96. The molecule has 39 heavy (non-hydrogen) atoms. The van der Waals surface area contributed by atoms with Crippen LogP contribution in [0.15, 0.2) is 84.9 Å². The van der Waals surface area contributed by atoms with Crippen LogP contribution in [0, 0.1) is 11.8 Å². The molecule has 1 atom stereocenters. The lowest BCUT2D eigenvalue weighted by Gasteiger charge is -2.28. The molecule has 3 aromatic carbocycles. The summed E-state index contributed by atoms with van der Waals surface area (Å²) < 4.78 is 10.8. The zero-order chi connectivity index (χ0) is 27.5. The summed E-state index contributed by atoms with van der Waals surface area (Å²) in [6.07, 6.45) is 4.97. The molecule has 0 aliphatic heterocycles. The molecule has 0 aromatic heterocycles. The number of amides is 1. The lowest BCUT2D eigenvalue weighted by Crippen LogP contribution is -2.43. The predicted octanol–water partition coefficient (Wildman–Crippen LogP) is 5.94. The van der Waals surface area contributed by atoms with Crippen molar-refractivity contribution < 1.29 is 23.9 Å². The highest BCUT2D eigenvalue weighted by Crippen LogP contribution is 2.33. The number of rotatable bonds is 12. The summed E-state index contributed by atoms with van der Waals surface area (Å²) in [6.45, 7) is 0.478. The van der Waals surface area contributed by atoms with Gasteiger partial charge < -0.3 is 14.8 Å². The normalized spacial score (nSPS) is 17.6. The first-order valence-electron chi connectivity index (χ1n) is 13.7. The number of carbonyl (C=O) groups excluding carboxylic acids is 3. The minimum atomic E-state index is -0.751. The van der Waals surface area contributed by atoms with E-state index in [1.165, 1.54) is 7.11 Å². The molecule has 1 aliphatic carbocycles. The number of esters is 1. The maximum Gasteiger partial charge on any atom is 0.328 e. The first kappa shape index (κ1) is 28.1. The SMILES string of the molecule is COC(=O)[C@H](Cc1ccc(OCc2ccccc2)cc1)NC(=O)CC1CCC(CC(=O)c2ccccc2)CC1. The molecule has 0 bridgehead atoms. The van der Waals surface area contributed by atoms with Crippen LogP contribution in [0.25, 0.3) is 0 Å². The maximum atomic E-state index is 12.9. The average Bonchev–Trinajstić information content (AvgIpc) is 2.98. The molecule has 1 fully saturated rings. The molecule has 1 aliphatic rings. The number of nitrogens with one attached hydrogen (secondary N) is 1. The van der Waals surface area contributed by atoms with E-state index in [-0.39, 0.29) is 17.6 Å². The first-order chi connectivity index (χ1) is 19.0. The molecular weight excluding hydrogens is 490 g/mol. The Hall–Kier alpha value is -3.93. The van der Waals surface area contributed by atoms with Gasteiger partial charge >= 0.3 is 5.97 Å². The van der Waals surface area contributed by atoms with Gasteiger partial charge in [-0.15, -0.1) is 0 Å². The minimum absolute atomic E-state index is 0.142. The fourth-order valence-electron chi connectivity index (χ4n) is 5.19. The van der Waals surface area contributed by atoms with Gasteiger partial charge in [0.2, 0.25) is 5.91 Å². The summed E-state index contributed by atoms with van der Waals surface area (Å²) in [4.78, 5) is 37.8. The lowest BCUT2D eigenvalue weighted by atomic mass is 9.78. The van der Waals surface area contributed by atoms with Crippen molar-refractivity contribution in [2.75, 3.05) is 7.11 Å². The molecule has 0 heterocycles. The van der Waals surface area contributed by atoms with Gasteiger partial charge in [-0.2, -0.15) is 0 Å². The Bertz CT molecular complexity index is 1200. The standard InChI is InChI=1S/C33H37NO5/c1-38-33(37)30(20-24-16-18-29(19-17-24)39-23-27-8-4-2-5-9-27)34-32(36)22-26-14-12-25(13-15-26)21-31(35)28-10-6-3-7-11-28/h2-11,16-19,25-26,30H,12-15,20-23H2,1H3,(H,34,36)/t25?,26?,30-/m0/s1. The summed E-state index contributed by atoms with van der Waals surface area (Å²) >= 11 is 0. The average molecular weight is 528 g/mol. The molecule has 204 valence electrons. The van der Waals surface area contributed by atoms with Crippen molar-refractivity contribution in [3.05, 3.63) is 102 Å². The molecule has 4 rings (SSSR count). The molecule has 6 heteroatoms. The van der Waals surface area contributed by atoms with Crippen LogP contribution in [0.2, 0.25) is 0 Å². The van der Waals surface area contributed by atoms with Crippen molar-refractivity contribution in [3.8, 4) is 5.75 Å². The molecule has 6 nitrogen and oxygen atoms in total. The number of hydrogen-bond donors (Lipinski definition) is 1. The second-order valence-corrected chi connectivity index (χ2v) is 10.3. The van der Waals surface area contributed by atoms with Crippen molar-refractivity contribution >= 4 is 17.7 Å². The van der Waals surface area contributed by atoms with Gasteiger partial charge in [-0.1, -0.05) is 72.8 Å². The van der Waals surface area contributed by atoms with Crippen LogP contribution in [0.1, 0.15) is 60.0 Å². The smallest absolute Gasteiger partial charge is 0.328 e. The van der Waals surface area contributed by atoms with E-state index in [2.05, 4.69) is 5.32 Å². The summed E-state index contributed by atoms with van der Waals surface area (Å²) in [5.74, 6) is 0.940. The third-order valence-electron chi connectivity index (χ3n) is 7.44. The van der Waals surface area contributed by atoms with Crippen molar-refractivity contribution in [2.24, 2.45) is 11.8 Å². The van der Waals surface area contributed by atoms with Gasteiger partial charge in [0.25, 0.3) is 0 Å². The minimum Gasteiger partial charge on any atom is -0.489 e. The Labute approximate surface area is 230 Å². The second kappa shape index (κ2) is 14.3. The van der Waals surface area contributed by atoms with E-state index >= 15 is 0 Å². The van der Waals surface area contributed by atoms with Gasteiger partial charge in [-0.05, 0) is 60.8 Å². The van der Waals surface area contributed by atoms with E-state index in [1.54, 1.807) is 0 Å². The van der Waals surface area contributed by atoms with Crippen LogP contribution in [0.4, 0.5) is 0 Å². The number of Topliss-reactive ketones (excluding diaryl/α,β-unsaturated/α-hetero) is 1. The predicted molar refractivity (Wildman–Crippen MR) is 150 cm³/mol. The molecule has 0 radical (unpaired) electrons. The van der Waals surface area contributed by atoms with E-state index in [9.17, 15) is 14.4 Å². The van der Waals surface area contributed by atoms with Gasteiger partial charge in [0, 0.05) is 24.8 Å². The van der Waals surface area contributed by atoms with E-state index in [0.717, 1.165) is 48.1 Å². The first-order valence-corrected chi connectivity index (χ1v) is 13.7. The Balaban J connectivity index is 1.22. The van der Waals surface area contributed by atoms with Gasteiger partial charge in [-0.3, -0.25) is 9.59 Å². The van der Waals surface area contributed by atoms with Crippen LogP contribution in [0.3, 0.4) is 0 Å². The molecule has 1 amide bonds. The molecule has 0 saturated heterocycles. The summed E-state index contributed by atoms with van der Waals surface area (Å²) in [5.41, 5.74) is 2.76. The van der Waals surface area contributed by atoms with Gasteiger partial charge in [0.15, 0.2) is 5.78 Å². The number of ether oxygens (including phenoxy) is 2. The molecule has 1 N–H and O–H groups in total. The molecule has 1 saturated carbocycles. The topological polar surface area (TPSA) is 81.7 Å². The second-order valence-electron chi connectivity index (χ2n) is 10.3. The number of methoxy groups -OCH3 is 1. The molecule has 0 spiro atoms. The van der Waals surface area contributed by atoms with Crippen LogP contribution in [0.5, 0.6) is 5.75 Å². The Morgan fingerprint density at radius 2 is 1.36 bits per heavy atom. The van der Waals surface area contributed by atoms with Crippen LogP contribution in [-0.2, 0) is 27.4 Å². The maximum absolute atomic E-state index is 12.9. The zero-order valence-corrected chi connectivity index (χ0v) is 22.5. The number of carbonyl (C=O) groups is 3. The summed E-state index contributed by atoms with van der Waals surface area (Å²) in [5, 5.41) is 2.89. The van der Waals surface area contributed by atoms with Crippen molar-refractivity contribution in [1.29, 1.82) is 0 Å². The molecule has 0 unspecified atom stereocenters. The van der Waals surface area contributed by atoms with Crippen LogP contribution >= 0.6 is 0 Å². The third kappa shape index (κ3) is 8.81. The van der Waals surface area contributed by atoms with E-state index in [1.807, 2.05) is 84.9 Å². The van der Waals surface area contributed by atoms with Gasteiger partial charge in [0.1, 0.15) is 18.4 Å². The van der Waals surface area contributed by atoms with Gasteiger partial charge in [0.05, 0.1) is 7.11 Å². The number of hydrogen-bond acceptors (Lipinski definition) is 5. The zero-order valence-electron chi connectivity index (χ0n) is 22.5. The van der Waals surface area contributed by atoms with E-state index < -0.39 is 12.0 Å². The molecule has 3 aromatic rings. The van der Waals surface area contributed by atoms with Gasteiger partial charge in [-0.25, -0.2) is 4.79 Å². The highest BCUT2D eigenvalue weighted by Gasteiger charge is 2.27. The lowest BCUT2D eigenvalue weighted by molar-refractivity contribution is -0.145. The van der Waals surface area contributed by atoms with E-state index in [0.29, 0.717) is 31.8 Å². The Morgan fingerprint density at radius 3 is 1.97 bits per heavy atom. The van der Waals surface area contributed by atoms with Crippen LogP contribution in [-0.4, -0.2) is 30.8 Å². The fourth-order valence-corrected chi connectivity index (χ4v) is 5.19. The number of ketones is 1. The van der Waals surface area contributed by atoms with Crippen molar-refractivity contribution in [2.45, 2.75) is 57.6 Å². The van der Waals surface area contributed by atoms with Crippen molar-refractivity contribution in [3.63, 3.8) is 0 Å². The van der Waals surface area contributed by atoms with Crippen LogP contribution < -0.4 is 10.1 Å². The van der Waals surface area contributed by atoms with E-state index in [4.69, 9.17) is 9.47 Å². The number of benzene rings is 3. The monoisotopic (exact) mass is 527 g/mol. The summed E-state index contributed by atoms with van der Waals surface area (Å²) in [6, 6.07) is 26.2. The third-order valence-corrected chi connectivity index (χ3v) is 7.44. The largest absolute Gasteiger partial charge is 0.489 e. The Kier molecular flexibility index (Phi) is 10.3. The fraction of sp³-hybridized carbons (Fsp3) is 0.364. The molecular formula is C33H37NO5. The summed E-state index contributed by atoms with van der Waals surface area (Å²) in [7, 11) is 1.33. The highest BCUT2D eigenvalue weighted by atomic mass is 16.5. The quantitative estimate of drug-likeness (QED) is 0.233. The Morgan fingerprint density at radius 1 is 0.769 bits per heavy atom. The van der Waals surface area contributed by atoms with Crippen molar-refractivity contribution in [1.82, 2.24) is 5.32 Å².